The molecule has 0 bridgehead atoms. The van der Waals surface area contributed by atoms with Crippen LogP contribution in [0.15, 0.2) is 60.7 Å². The fraction of sp³-hybridized carbons (Fsp3) is 0.471. The number of hydrogen-bond donors (Lipinski definition) is 4. The van der Waals surface area contributed by atoms with Crippen molar-refractivity contribution in [3.63, 3.8) is 0 Å². The molecule has 48 heavy (non-hydrogen) atoms. The molecule has 1 saturated heterocycles. The van der Waals surface area contributed by atoms with Gasteiger partial charge < -0.3 is 35.6 Å². The number of methoxy groups -OCH3 is 1. The molecular weight excluding hydrogens is 638 g/mol. The van der Waals surface area contributed by atoms with Crippen molar-refractivity contribution in [1.82, 2.24) is 26.2 Å². The molecule has 13 nitrogen and oxygen atoms in total. The van der Waals surface area contributed by atoms with Gasteiger partial charge in [-0.25, -0.2) is 9.59 Å². The third kappa shape index (κ3) is 11.6. The Bertz CT molecular complexity index is 1370. The van der Waals surface area contributed by atoms with Crippen LogP contribution in [0.4, 0.5) is 4.79 Å². The van der Waals surface area contributed by atoms with E-state index in [9.17, 15) is 28.8 Å². The SMILES string of the molecule is COC(=O)[C@H](CCCNC(=O)[C@H](Cc1ccccc1)N1C(=O)[C@@H](NC(=O)[C@H](CCSC)NC=O)CC1C)NC(=O)OCc1ccccc1. The number of nitrogens with one attached hydrogen (secondary N) is 4. The molecule has 1 fully saturated rings. The summed E-state index contributed by atoms with van der Waals surface area (Å²) in [6.07, 6.45) is 3.01. The Morgan fingerprint density at radius 2 is 1.65 bits per heavy atom. The molecule has 0 aromatic heterocycles. The van der Waals surface area contributed by atoms with Gasteiger partial charge in [0, 0.05) is 19.0 Å². The minimum Gasteiger partial charge on any atom is -0.467 e. The van der Waals surface area contributed by atoms with E-state index in [2.05, 4.69) is 21.3 Å². The second-order valence-corrected chi connectivity index (χ2v) is 12.4. The van der Waals surface area contributed by atoms with Gasteiger partial charge in [0.25, 0.3) is 0 Å². The fourth-order valence-corrected chi connectivity index (χ4v) is 5.97. The summed E-state index contributed by atoms with van der Waals surface area (Å²) in [5, 5.41) is 10.7. The zero-order valence-electron chi connectivity index (χ0n) is 27.5. The minimum absolute atomic E-state index is 0.0336. The lowest BCUT2D eigenvalue weighted by Crippen LogP contribution is -2.54. The quantitative estimate of drug-likeness (QED) is 0.0981. The largest absolute Gasteiger partial charge is 0.467 e. The molecule has 5 atom stereocenters. The maximum absolute atomic E-state index is 13.7. The highest BCUT2D eigenvalue weighted by atomic mass is 32.2. The van der Waals surface area contributed by atoms with Gasteiger partial charge in [-0.15, -0.1) is 0 Å². The van der Waals surface area contributed by atoms with Crippen molar-refractivity contribution in [3.05, 3.63) is 71.8 Å². The van der Waals surface area contributed by atoms with Gasteiger partial charge in [-0.1, -0.05) is 60.7 Å². The number of carbonyl (C=O) groups excluding carboxylic acids is 6. The average molecular weight is 684 g/mol. The van der Waals surface area contributed by atoms with Gasteiger partial charge >= 0.3 is 12.1 Å². The van der Waals surface area contributed by atoms with E-state index in [4.69, 9.17) is 9.47 Å². The van der Waals surface area contributed by atoms with Crippen LogP contribution in [-0.4, -0.2) is 97.0 Å². The van der Waals surface area contributed by atoms with Crippen LogP contribution in [0.5, 0.6) is 0 Å². The standard InChI is InChI=1S/C34H45N5O8S/c1-23-19-28(37-30(41)26(36-22-40)16-18-48-3)32(43)39(23)29(20-24-11-6-4-7-12-24)31(42)35-17-10-15-27(33(44)46-2)38-34(45)47-21-25-13-8-5-9-14-25/h4-9,11-14,22-23,26-29H,10,15-21H2,1-3H3,(H,35,42)(H,36,40)(H,37,41)(H,38,45)/t23?,26-,27-,28-,29-/m0/s1. The van der Waals surface area contributed by atoms with Gasteiger partial charge in [-0.3, -0.25) is 19.2 Å². The van der Waals surface area contributed by atoms with E-state index >= 15 is 0 Å². The van der Waals surface area contributed by atoms with E-state index < -0.39 is 48.0 Å². The van der Waals surface area contributed by atoms with Crippen LogP contribution in [0, 0.1) is 0 Å². The maximum Gasteiger partial charge on any atom is 0.408 e. The summed E-state index contributed by atoms with van der Waals surface area (Å²) < 4.78 is 10.1. The first-order chi connectivity index (χ1) is 23.2. The molecule has 0 spiro atoms. The van der Waals surface area contributed by atoms with Crippen LogP contribution >= 0.6 is 11.8 Å². The van der Waals surface area contributed by atoms with Gasteiger partial charge in [0.05, 0.1) is 7.11 Å². The third-order valence-electron chi connectivity index (χ3n) is 7.99. The molecule has 2 aromatic carbocycles. The highest BCUT2D eigenvalue weighted by Crippen LogP contribution is 2.24. The number of thioether (sulfide) groups is 1. The summed E-state index contributed by atoms with van der Waals surface area (Å²) in [7, 11) is 1.22. The van der Waals surface area contributed by atoms with E-state index in [1.165, 1.54) is 23.8 Å². The highest BCUT2D eigenvalue weighted by molar-refractivity contribution is 7.98. The average Bonchev–Trinajstić information content (AvgIpc) is 3.37. The molecule has 1 aliphatic rings. The van der Waals surface area contributed by atoms with Crippen molar-refractivity contribution in [1.29, 1.82) is 0 Å². The number of esters is 1. The van der Waals surface area contributed by atoms with E-state index in [-0.39, 0.29) is 37.9 Å². The molecule has 5 amide bonds. The summed E-state index contributed by atoms with van der Waals surface area (Å²) in [5.41, 5.74) is 1.64. The van der Waals surface area contributed by atoms with Crippen molar-refractivity contribution < 1.29 is 38.2 Å². The molecule has 14 heteroatoms. The fourth-order valence-electron chi connectivity index (χ4n) is 5.50. The zero-order chi connectivity index (χ0) is 34.9. The van der Waals surface area contributed by atoms with Crippen LogP contribution in [0.25, 0.3) is 0 Å². The van der Waals surface area contributed by atoms with Crippen molar-refractivity contribution >= 4 is 48.0 Å². The molecule has 260 valence electrons. The Morgan fingerprint density at radius 3 is 2.27 bits per heavy atom. The summed E-state index contributed by atoms with van der Waals surface area (Å²) >= 11 is 1.54. The first kappa shape index (κ1) is 37.9. The van der Waals surface area contributed by atoms with Gasteiger partial charge in [-0.05, 0) is 55.7 Å². The Hall–Kier alpha value is -4.59. The van der Waals surface area contributed by atoms with Crippen molar-refractivity contribution in [2.75, 3.05) is 25.7 Å². The molecule has 1 aliphatic heterocycles. The predicted molar refractivity (Wildman–Crippen MR) is 181 cm³/mol. The topological polar surface area (TPSA) is 172 Å². The van der Waals surface area contributed by atoms with Crippen LogP contribution in [0.2, 0.25) is 0 Å². The lowest BCUT2D eigenvalue weighted by Gasteiger charge is -2.31. The minimum atomic E-state index is -0.992. The number of benzene rings is 2. The predicted octanol–water partition coefficient (Wildman–Crippen LogP) is 1.94. The van der Waals surface area contributed by atoms with E-state index in [1.807, 2.05) is 73.8 Å². The summed E-state index contributed by atoms with van der Waals surface area (Å²) in [6, 6.07) is 14.6. The number of amides is 5. The molecule has 0 aliphatic carbocycles. The zero-order valence-corrected chi connectivity index (χ0v) is 28.3. The normalized spacial score (nSPS) is 17.4. The van der Waals surface area contributed by atoms with Crippen LogP contribution in [0.3, 0.4) is 0 Å². The van der Waals surface area contributed by atoms with Crippen molar-refractivity contribution in [2.45, 2.75) is 75.8 Å². The van der Waals surface area contributed by atoms with Gasteiger partial charge in [0.1, 0.15) is 30.8 Å². The summed E-state index contributed by atoms with van der Waals surface area (Å²) in [5.74, 6) is -1.23. The number of hydrogen-bond acceptors (Lipinski definition) is 9. The van der Waals surface area contributed by atoms with E-state index in [0.29, 0.717) is 31.4 Å². The van der Waals surface area contributed by atoms with Crippen LogP contribution < -0.4 is 21.3 Å². The molecular formula is C34H45N5O8S. The first-order valence-electron chi connectivity index (χ1n) is 15.9. The van der Waals surface area contributed by atoms with Crippen LogP contribution in [0.1, 0.15) is 43.7 Å². The molecule has 4 N–H and O–H groups in total. The summed E-state index contributed by atoms with van der Waals surface area (Å²) in [6.45, 7) is 2.02. The van der Waals surface area contributed by atoms with Crippen LogP contribution in [-0.2, 0) is 46.5 Å². The molecule has 1 heterocycles. The Balaban J connectivity index is 1.63. The number of carbonyl (C=O) groups is 6. The number of alkyl carbamates (subject to hydrolysis) is 1. The third-order valence-corrected chi connectivity index (χ3v) is 8.63. The van der Waals surface area contributed by atoms with Crippen molar-refractivity contribution in [3.8, 4) is 0 Å². The maximum atomic E-state index is 13.7. The molecule has 1 unspecified atom stereocenters. The Kier molecular flexibility index (Phi) is 15.7. The van der Waals surface area contributed by atoms with Gasteiger partial charge in [-0.2, -0.15) is 11.8 Å². The number of nitrogens with zero attached hydrogens (tertiary/aromatic N) is 1. The van der Waals surface area contributed by atoms with E-state index in [0.717, 1.165) is 11.1 Å². The summed E-state index contributed by atoms with van der Waals surface area (Å²) in [4.78, 5) is 77.7. The Labute approximate surface area is 285 Å². The van der Waals surface area contributed by atoms with E-state index in [1.54, 1.807) is 0 Å². The lowest BCUT2D eigenvalue weighted by atomic mass is 10.0. The second-order valence-electron chi connectivity index (χ2n) is 11.4. The number of ether oxygens (including phenoxy) is 2. The smallest absolute Gasteiger partial charge is 0.408 e. The second kappa shape index (κ2) is 19.9. The Morgan fingerprint density at radius 1 is 0.979 bits per heavy atom. The first-order valence-corrected chi connectivity index (χ1v) is 17.3. The highest BCUT2D eigenvalue weighted by Gasteiger charge is 2.44. The van der Waals surface area contributed by atoms with Crippen molar-refractivity contribution in [2.24, 2.45) is 0 Å². The lowest BCUT2D eigenvalue weighted by molar-refractivity contribution is -0.143. The molecule has 3 rings (SSSR count). The number of rotatable bonds is 19. The number of likely N-dealkylation sites (tertiary alicyclic amines) is 1. The molecule has 0 radical (unpaired) electrons. The van der Waals surface area contributed by atoms with Gasteiger partial charge in [0.2, 0.25) is 24.1 Å². The molecule has 2 aromatic rings. The van der Waals surface area contributed by atoms with Gasteiger partial charge in [0.15, 0.2) is 0 Å². The molecule has 0 saturated carbocycles. The monoisotopic (exact) mass is 683 g/mol.